The van der Waals surface area contributed by atoms with Crippen LogP contribution in [0.15, 0.2) is 39.8 Å². The average molecular weight is 403 g/mol. The Bertz CT molecular complexity index is 1210. The molecule has 1 atom stereocenters. The van der Waals surface area contributed by atoms with Crippen molar-refractivity contribution < 1.29 is 26.8 Å². The number of hydrogen-bond donors (Lipinski definition) is 1. The first-order valence-electron chi connectivity index (χ1n) is 8.64. The molecule has 0 unspecified atom stereocenters. The number of halogens is 3. The molecule has 1 aromatic carbocycles. The van der Waals surface area contributed by atoms with Gasteiger partial charge in [-0.2, -0.15) is 0 Å². The number of imidazole rings is 1. The van der Waals surface area contributed by atoms with Crippen LogP contribution in [0.3, 0.4) is 0 Å². The summed E-state index contributed by atoms with van der Waals surface area (Å²) in [6.07, 6.45) is -0.323. The zero-order valence-corrected chi connectivity index (χ0v) is 14.6. The summed E-state index contributed by atoms with van der Waals surface area (Å²) in [4.78, 5) is 29.3. The number of alkyl halides is 2. The van der Waals surface area contributed by atoms with Crippen molar-refractivity contribution in [3.63, 3.8) is 0 Å². The molecule has 1 N–H and O–H groups in total. The van der Waals surface area contributed by atoms with Crippen LogP contribution in [0, 0.1) is 5.82 Å². The summed E-state index contributed by atoms with van der Waals surface area (Å²) < 4.78 is 51.0. The van der Waals surface area contributed by atoms with Crippen molar-refractivity contribution in [3.8, 4) is 0 Å². The topological polar surface area (TPSA) is 101 Å². The number of nitrogens with zero attached hydrogens (tertiary/aromatic N) is 4. The van der Waals surface area contributed by atoms with Crippen molar-refractivity contribution in [2.24, 2.45) is 0 Å². The number of oxazole rings is 2. The molecule has 1 amide bonds. The van der Waals surface area contributed by atoms with Crippen LogP contribution in [-0.2, 0) is 6.42 Å². The molecule has 0 saturated carbocycles. The van der Waals surface area contributed by atoms with E-state index in [9.17, 15) is 18.0 Å². The van der Waals surface area contributed by atoms with Gasteiger partial charge in [0.15, 0.2) is 29.5 Å². The number of fused-ring (bicyclic) bond motifs is 2. The van der Waals surface area contributed by atoms with Gasteiger partial charge >= 0.3 is 0 Å². The summed E-state index contributed by atoms with van der Waals surface area (Å²) in [5.74, 6) is -1.96. The van der Waals surface area contributed by atoms with Gasteiger partial charge in [0.05, 0.1) is 12.0 Å². The molecule has 1 aliphatic rings. The smallest absolute Gasteiger partial charge is 0.292 e. The molecule has 0 fully saturated rings. The normalized spacial score (nSPS) is 16.6. The third-order valence-electron chi connectivity index (χ3n) is 4.80. The summed E-state index contributed by atoms with van der Waals surface area (Å²) in [6.45, 7) is 0.156. The lowest BCUT2D eigenvalue weighted by Gasteiger charge is -2.32. The van der Waals surface area contributed by atoms with E-state index in [1.54, 1.807) is 6.07 Å². The van der Waals surface area contributed by atoms with Crippen LogP contribution < -0.4 is 0 Å². The lowest BCUT2D eigenvalue weighted by molar-refractivity contribution is 0.0620. The average Bonchev–Trinajstić information content (AvgIpc) is 3.44. The van der Waals surface area contributed by atoms with Gasteiger partial charge in [-0.3, -0.25) is 4.79 Å². The molecule has 0 radical (unpaired) electrons. The van der Waals surface area contributed by atoms with Crippen molar-refractivity contribution in [2.75, 3.05) is 6.54 Å². The molecule has 0 spiro atoms. The number of carbonyl (C=O) groups excluding carboxylic acids is 1. The van der Waals surface area contributed by atoms with E-state index >= 15 is 0 Å². The second-order valence-electron chi connectivity index (χ2n) is 6.43. The quantitative estimate of drug-likeness (QED) is 0.563. The minimum atomic E-state index is -2.98. The van der Waals surface area contributed by atoms with Gasteiger partial charge in [0.2, 0.25) is 11.7 Å². The number of rotatable bonds is 3. The van der Waals surface area contributed by atoms with E-state index in [1.807, 2.05) is 0 Å². The third kappa shape index (κ3) is 2.69. The SMILES string of the molecule is O=C(c1ocnc1C(F)F)N1CCc2[nH]cnc2[C@H]1c1nc2cccc(F)c2o1. The molecule has 0 aliphatic carbocycles. The highest BCUT2D eigenvalue weighted by Gasteiger charge is 2.40. The molecule has 4 heterocycles. The number of aromatic amines is 1. The van der Waals surface area contributed by atoms with Crippen molar-refractivity contribution in [3.05, 3.63) is 65.5 Å². The van der Waals surface area contributed by atoms with Gasteiger partial charge < -0.3 is 18.7 Å². The molecule has 11 heteroatoms. The van der Waals surface area contributed by atoms with E-state index in [0.29, 0.717) is 12.1 Å². The minimum Gasteiger partial charge on any atom is -0.438 e. The highest BCUT2D eigenvalue weighted by Crippen LogP contribution is 2.36. The third-order valence-corrected chi connectivity index (χ3v) is 4.80. The van der Waals surface area contributed by atoms with E-state index in [1.165, 1.54) is 23.4 Å². The molecule has 8 nitrogen and oxygen atoms in total. The monoisotopic (exact) mass is 403 g/mol. The molecule has 1 aliphatic heterocycles. The van der Waals surface area contributed by atoms with Gasteiger partial charge in [0.1, 0.15) is 5.52 Å². The fraction of sp³-hybridized carbons (Fsp3) is 0.222. The molecule has 5 rings (SSSR count). The molecule has 0 saturated heterocycles. The predicted molar refractivity (Wildman–Crippen MR) is 90.6 cm³/mol. The Balaban J connectivity index is 1.63. The second kappa shape index (κ2) is 6.47. The Morgan fingerprint density at radius 2 is 2.17 bits per heavy atom. The number of para-hydroxylation sites is 1. The number of nitrogens with one attached hydrogen (secondary N) is 1. The van der Waals surface area contributed by atoms with E-state index in [2.05, 4.69) is 19.9 Å². The number of hydrogen-bond acceptors (Lipinski definition) is 6. The van der Waals surface area contributed by atoms with Crippen LogP contribution >= 0.6 is 0 Å². The summed E-state index contributed by atoms with van der Waals surface area (Å²) >= 11 is 0. The zero-order chi connectivity index (χ0) is 20.1. The van der Waals surface area contributed by atoms with Crippen molar-refractivity contribution in [2.45, 2.75) is 18.9 Å². The van der Waals surface area contributed by atoms with Gasteiger partial charge in [-0.05, 0) is 12.1 Å². The van der Waals surface area contributed by atoms with Gasteiger partial charge in [0, 0.05) is 18.7 Å². The highest BCUT2D eigenvalue weighted by molar-refractivity contribution is 5.93. The number of benzene rings is 1. The summed E-state index contributed by atoms with van der Waals surface area (Å²) in [6, 6.07) is 3.33. The Morgan fingerprint density at radius 3 is 2.97 bits per heavy atom. The van der Waals surface area contributed by atoms with E-state index in [0.717, 1.165) is 12.1 Å². The first-order valence-corrected chi connectivity index (χ1v) is 8.64. The number of H-pyrrole nitrogens is 1. The van der Waals surface area contributed by atoms with Crippen molar-refractivity contribution in [1.82, 2.24) is 24.8 Å². The van der Waals surface area contributed by atoms with Crippen LogP contribution in [0.2, 0.25) is 0 Å². The van der Waals surface area contributed by atoms with E-state index in [-0.39, 0.29) is 23.5 Å². The van der Waals surface area contributed by atoms with Crippen LogP contribution in [0.25, 0.3) is 11.1 Å². The number of aromatic nitrogens is 4. The van der Waals surface area contributed by atoms with Gasteiger partial charge in [-0.25, -0.2) is 28.1 Å². The summed E-state index contributed by atoms with van der Waals surface area (Å²) in [5.41, 5.74) is 0.641. The Hall–Kier alpha value is -3.63. The Labute approximate surface area is 160 Å². The lowest BCUT2D eigenvalue weighted by Crippen LogP contribution is -2.41. The largest absolute Gasteiger partial charge is 0.438 e. The van der Waals surface area contributed by atoms with Crippen molar-refractivity contribution in [1.29, 1.82) is 0 Å². The first kappa shape index (κ1) is 17.5. The molecular formula is C18H12F3N5O3. The second-order valence-corrected chi connectivity index (χ2v) is 6.43. The van der Waals surface area contributed by atoms with Crippen LogP contribution in [0.5, 0.6) is 0 Å². The van der Waals surface area contributed by atoms with E-state index < -0.39 is 35.6 Å². The predicted octanol–water partition coefficient (Wildman–Crippen LogP) is 3.40. The standard InChI is InChI=1S/C18H12F3N5O3/c19-8-2-1-3-10-14(8)29-17(25-10)13-11-9(22-6-23-11)4-5-26(13)18(27)15-12(16(20)21)24-7-28-15/h1-3,6-7,13,16H,4-5H2,(H,22,23)/t13-/m0/s1. The van der Waals surface area contributed by atoms with E-state index in [4.69, 9.17) is 8.83 Å². The minimum absolute atomic E-state index is 0.0182. The van der Waals surface area contributed by atoms with Crippen LogP contribution in [0.4, 0.5) is 13.2 Å². The summed E-state index contributed by atoms with van der Waals surface area (Å²) in [7, 11) is 0. The zero-order valence-electron chi connectivity index (χ0n) is 14.6. The Morgan fingerprint density at radius 1 is 1.31 bits per heavy atom. The fourth-order valence-corrected chi connectivity index (χ4v) is 3.50. The van der Waals surface area contributed by atoms with Gasteiger partial charge in [-0.1, -0.05) is 6.07 Å². The molecule has 29 heavy (non-hydrogen) atoms. The van der Waals surface area contributed by atoms with Crippen LogP contribution in [-0.4, -0.2) is 37.3 Å². The molecule has 0 bridgehead atoms. The maximum absolute atomic E-state index is 14.1. The molecule has 4 aromatic rings. The first-order chi connectivity index (χ1) is 14.0. The summed E-state index contributed by atoms with van der Waals surface area (Å²) in [5, 5.41) is 0. The number of carbonyl (C=O) groups is 1. The number of amides is 1. The lowest BCUT2D eigenvalue weighted by atomic mass is 10.0. The maximum atomic E-state index is 14.1. The van der Waals surface area contributed by atoms with Gasteiger partial charge in [-0.15, -0.1) is 0 Å². The molecule has 148 valence electrons. The molecular weight excluding hydrogens is 391 g/mol. The Kier molecular flexibility index (Phi) is 3.89. The van der Waals surface area contributed by atoms with Gasteiger partial charge in [0.25, 0.3) is 12.3 Å². The maximum Gasteiger partial charge on any atom is 0.292 e. The molecule has 3 aromatic heterocycles. The fourth-order valence-electron chi connectivity index (χ4n) is 3.50. The van der Waals surface area contributed by atoms with Crippen LogP contribution in [0.1, 0.15) is 46.0 Å². The van der Waals surface area contributed by atoms with Crippen molar-refractivity contribution >= 4 is 17.0 Å². The highest BCUT2D eigenvalue weighted by atomic mass is 19.3.